The molecule has 6 heteroatoms. The standard InChI is InChI=1S/C17H16N4O2/c1-11-4-6-12(7-5-11)9-20-17(22)14-15(21-23-16(14)18)13-3-2-8-19-10-13/h2-8,10H,9,18H2,1H3,(H,20,22). The minimum atomic E-state index is -0.330. The van der Waals surface area contributed by atoms with E-state index in [9.17, 15) is 4.79 Å². The maximum atomic E-state index is 12.4. The zero-order chi connectivity index (χ0) is 16.2. The van der Waals surface area contributed by atoms with Gasteiger partial charge in [-0.15, -0.1) is 0 Å². The zero-order valence-corrected chi connectivity index (χ0v) is 12.6. The summed E-state index contributed by atoms with van der Waals surface area (Å²) in [6.45, 7) is 2.41. The Kier molecular flexibility index (Phi) is 4.05. The monoisotopic (exact) mass is 308 g/mol. The van der Waals surface area contributed by atoms with Crippen LogP contribution < -0.4 is 11.1 Å². The van der Waals surface area contributed by atoms with Crippen molar-refractivity contribution in [2.24, 2.45) is 0 Å². The van der Waals surface area contributed by atoms with E-state index in [0.717, 1.165) is 5.56 Å². The number of anilines is 1. The number of carbonyl (C=O) groups is 1. The molecular weight excluding hydrogens is 292 g/mol. The van der Waals surface area contributed by atoms with Crippen molar-refractivity contribution in [2.45, 2.75) is 13.5 Å². The van der Waals surface area contributed by atoms with Gasteiger partial charge in [-0.2, -0.15) is 0 Å². The quantitative estimate of drug-likeness (QED) is 0.772. The Morgan fingerprint density at radius 2 is 2.04 bits per heavy atom. The summed E-state index contributed by atoms with van der Waals surface area (Å²) in [6, 6.07) is 11.5. The van der Waals surface area contributed by atoms with Gasteiger partial charge in [-0.25, -0.2) is 0 Å². The van der Waals surface area contributed by atoms with Crippen LogP contribution in [0.25, 0.3) is 11.3 Å². The van der Waals surface area contributed by atoms with Crippen LogP contribution in [0.2, 0.25) is 0 Å². The van der Waals surface area contributed by atoms with Crippen LogP contribution in [0.5, 0.6) is 0 Å². The third kappa shape index (κ3) is 3.21. The molecule has 2 heterocycles. The van der Waals surface area contributed by atoms with E-state index < -0.39 is 0 Å². The van der Waals surface area contributed by atoms with Gasteiger partial charge in [0.05, 0.1) is 0 Å². The zero-order valence-electron chi connectivity index (χ0n) is 12.6. The molecule has 0 saturated heterocycles. The van der Waals surface area contributed by atoms with Crippen LogP contribution in [-0.2, 0) is 6.54 Å². The predicted molar refractivity (Wildman–Crippen MR) is 86.5 cm³/mol. The van der Waals surface area contributed by atoms with Gasteiger partial charge in [0.1, 0.15) is 11.3 Å². The highest BCUT2D eigenvalue weighted by Crippen LogP contribution is 2.26. The number of pyridine rings is 1. The molecule has 1 aromatic carbocycles. The van der Waals surface area contributed by atoms with Crippen molar-refractivity contribution in [3.63, 3.8) is 0 Å². The number of hydrogen-bond acceptors (Lipinski definition) is 5. The first kappa shape index (κ1) is 14.8. The summed E-state index contributed by atoms with van der Waals surface area (Å²) in [5.41, 5.74) is 9.22. The van der Waals surface area contributed by atoms with Crippen molar-refractivity contribution in [2.75, 3.05) is 5.73 Å². The Labute approximate surface area is 133 Å². The maximum absolute atomic E-state index is 12.4. The normalized spacial score (nSPS) is 10.5. The van der Waals surface area contributed by atoms with Gasteiger partial charge in [0.25, 0.3) is 5.91 Å². The summed E-state index contributed by atoms with van der Waals surface area (Å²) >= 11 is 0. The second-order valence-electron chi connectivity index (χ2n) is 5.18. The second-order valence-corrected chi connectivity index (χ2v) is 5.18. The molecule has 0 aliphatic rings. The molecule has 3 rings (SSSR count). The van der Waals surface area contributed by atoms with Crippen molar-refractivity contribution in [1.82, 2.24) is 15.5 Å². The van der Waals surface area contributed by atoms with Gasteiger partial charge < -0.3 is 15.6 Å². The number of nitrogen functional groups attached to an aromatic ring is 1. The first-order chi connectivity index (χ1) is 11.1. The number of carbonyl (C=O) groups excluding carboxylic acids is 1. The van der Waals surface area contributed by atoms with Crippen LogP contribution in [0.3, 0.4) is 0 Å². The number of nitrogens with two attached hydrogens (primary N) is 1. The van der Waals surface area contributed by atoms with E-state index in [4.69, 9.17) is 10.3 Å². The molecule has 3 aromatic rings. The number of benzene rings is 1. The molecule has 2 aromatic heterocycles. The Hall–Kier alpha value is -3.15. The van der Waals surface area contributed by atoms with Crippen LogP contribution in [0, 0.1) is 6.92 Å². The van der Waals surface area contributed by atoms with Crippen molar-refractivity contribution < 1.29 is 9.32 Å². The molecule has 0 saturated carbocycles. The molecular formula is C17H16N4O2. The van der Waals surface area contributed by atoms with E-state index in [1.807, 2.05) is 31.2 Å². The lowest BCUT2D eigenvalue weighted by Gasteiger charge is -2.06. The van der Waals surface area contributed by atoms with E-state index in [0.29, 0.717) is 17.8 Å². The molecule has 23 heavy (non-hydrogen) atoms. The third-order valence-electron chi connectivity index (χ3n) is 3.45. The lowest BCUT2D eigenvalue weighted by molar-refractivity contribution is 0.0952. The lowest BCUT2D eigenvalue weighted by atomic mass is 10.1. The maximum Gasteiger partial charge on any atom is 0.259 e. The van der Waals surface area contributed by atoms with Gasteiger partial charge in [0.15, 0.2) is 0 Å². The summed E-state index contributed by atoms with van der Waals surface area (Å²) in [5.74, 6) is -0.339. The smallest absolute Gasteiger partial charge is 0.259 e. The summed E-state index contributed by atoms with van der Waals surface area (Å²) in [7, 11) is 0. The first-order valence-electron chi connectivity index (χ1n) is 7.14. The summed E-state index contributed by atoms with van der Waals surface area (Å²) < 4.78 is 4.98. The molecule has 0 fully saturated rings. The average Bonchev–Trinajstić information content (AvgIpc) is 2.96. The summed E-state index contributed by atoms with van der Waals surface area (Å²) in [4.78, 5) is 16.5. The molecule has 0 aliphatic heterocycles. The second kappa shape index (κ2) is 6.31. The number of hydrogen-bond donors (Lipinski definition) is 2. The van der Waals surface area contributed by atoms with Gasteiger partial charge >= 0.3 is 0 Å². The third-order valence-corrected chi connectivity index (χ3v) is 3.45. The van der Waals surface area contributed by atoms with E-state index in [1.165, 1.54) is 5.56 Å². The van der Waals surface area contributed by atoms with Gasteiger partial charge in [0.2, 0.25) is 5.88 Å². The van der Waals surface area contributed by atoms with Crippen LogP contribution in [-0.4, -0.2) is 16.0 Å². The van der Waals surface area contributed by atoms with Gasteiger partial charge in [-0.05, 0) is 24.6 Å². The van der Waals surface area contributed by atoms with E-state index in [1.54, 1.807) is 24.5 Å². The number of nitrogens with one attached hydrogen (secondary N) is 1. The molecule has 6 nitrogen and oxygen atoms in total. The van der Waals surface area contributed by atoms with Gasteiger partial charge in [0, 0.05) is 24.5 Å². The van der Waals surface area contributed by atoms with E-state index in [2.05, 4.69) is 15.5 Å². The number of amides is 1. The highest BCUT2D eigenvalue weighted by Gasteiger charge is 2.22. The molecule has 3 N–H and O–H groups in total. The molecule has 1 amide bonds. The van der Waals surface area contributed by atoms with Crippen LogP contribution in [0.4, 0.5) is 5.88 Å². The predicted octanol–water partition coefficient (Wildman–Crippen LogP) is 2.56. The number of aryl methyl sites for hydroxylation is 1. The Morgan fingerprint density at radius 1 is 1.26 bits per heavy atom. The molecule has 0 aliphatic carbocycles. The van der Waals surface area contributed by atoms with Crippen molar-refractivity contribution in [3.05, 3.63) is 65.5 Å². The average molecular weight is 308 g/mol. The highest BCUT2D eigenvalue weighted by atomic mass is 16.5. The van der Waals surface area contributed by atoms with E-state index >= 15 is 0 Å². The number of rotatable bonds is 4. The van der Waals surface area contributed by atoms with Crippen LogP contribution >= 0.6 is 0 Å². The fraction of sp³-hybridized carbons (Fsp3) is 0.118. The minimum absolute atomic E-state index is 0.00902. The van der Waals surface area contributed by atoms with Crippen LogP contribution in [0.1, 0.15) is 21.5 Å². The molecule has 0 radical (unpaired) electrons. The first-order valence-corrected chi connectivity index (χ1v) is 7.14. The lowest BCUT2D eigenvalue weighted by Crippen LogP contribution is -2.23. The minimum Gasteiger partial charge on any atom is -0.367 e. The Bertz CT molecular complexity index is 810. The van der Waals surface area contributed by atoms with Crippen LogP contribution in [0.15, 0.2) is 53.3 Å². The Balaban J connectivity index is 1.80. The fourth-order valence-electron chi connectivity index (χ4n) is 2.20. The van der Waals surface area contributed by atoms with Crippen molar-refractivity contribution in [1.29, 1.82) is 0 Å². The number of nitrogens with zero attached hydrogens (tertiary/aromatic N) is 2. The largest absolute Gasteiger partial charge is 0.367 e. The molecule has 116 valence electrons. The summed E-state index contributed by atoms with van der Waals surface area (Å²) in [6.07, 6.45) is 3.25. The van der Waals surface area contributed by atoms with Gasteiger partial charge in [-0.3, -0.25) is 9.78 Å². The van der Waals surface area contributed by atoms with Gasteiger partial charge in [-0.1, -0.05) is 35.0 Å². The fourth-order valence-corrected chi connectivity index (χ4v) is 2.20. The Morgan fingerprint density at radius 3 is 2.74 bits per heavy atom. The molecule has 0 atom stereocenters. The van der Waals surface area contributed by atoms with Crippen molar-refractivity contribution >= 4 is 11.8 Å². The summed E-state index contributed by atoms with van der Waals surface area (Å²) in [5, 5.41) is 6.71. The van der Waals surface area contributed by atoms with Crippen molar-refractivity contribution in [3.8, 4) is 11.3 Å². The molecule has 0 spiro atoms. The number of aromatic nitrogens is 2. The molecule has 0 bridgehead atoms. The SMILES string of the molecule is Cc1ccc(CNC(=O)c2c(-c3cccnc3)noc2N)cc1. The highest BCUT2D eigenvalue weighted by molar-refractivity contribution is 6.03. The molecule has 0 unspecified atom stereocenters. The topological polar surface area (TPSA) is 94.0 Å². The van der Waals surface area contributed by atoms with E-state index in [-0.39, 0.29) is 17.4 Å².